The van der Waals surface area contributed by atoms with Gasteiger partial charge in [-0.15, -0.1) is 0 Å². The maximum atomic E-state index is 5.77. The molecule has 0 aliphatic heterocycles. The van der Waals surface area contributed by atoms with Crippen molar-refractivity contribution in [3.05, 3.63) is 60.6 Å². The number of fused-ring (bicyclic) bond motifs is 1. The van der Waals surface area contributed by atoms with Gasteiger partial charge in [0.15, 0.2) is 5.58 Å². The zero-order valence-corrected chi connectivity index (χ0v) is 14.5. The number of aromatic nitrogens is 1. The summed E-state index contributed by atoms with van der Waals surface area (Å²) in [7, 11) is 3.26. The van der Waals surface area contributed by atoms with Crippen molar-refractivity contribution in [2.75, 3.05) is 19.5 Å². The van der Waals surface area contributed by atoms with Gasteiger partial charge in [0, 0.05) is 18.2 Å². The molecule has 6 nitrogen and oxygen atoms in total. The lowest BCUT2D eigenvalue weighted by Crippen LogP contribution is -2.00. The summed E-state index contributed by atoms with van der Waals surface area (Å²) in [6, 6.07) is 14.0. The van der Waals surface area contributed by atoms with Crippen molar-refractivity contribution >= 4 is 17.1 Å². The highest BCUT2D eigenvalue weighted by atomic mass is 16.5. The third-order valence-corrected chi connectivity index (χ3v) is 4.10. The van der Waals surface area contributed by atoms with Crippen molar-refractivity contribution in [1.29, 1.82) is 0 Å². The lowest BCUT2D eigenvalue weighted by atomic mass is 10.1. The fourth-order valence-corrected chi connectivity index (χ4v) is 2.76. The molecule has 132 valence electrons. The minimum atomic E-state index is 0.464. The van der Waals surface area contributed by atoms with Gasteiger partial charge in [-0.1, -0.05) is 6.07 Å². The molecule has 6 heteroatoms. The van der Waals surface area contributed by atoms with Gasteiger partial charge in [-0.2, -0.15) is 4.98 Å². The van der Waals surface area contributed by atoms with Gasteiger partial charge in [0.05, 0.1) is 26.7 Å². The van der Waals surface area contributed by atoms with Gasteiger partial charge >= 0.3 is 0 Å². The van der Waals surface area contributed by atoms with Crippen LogP contribution in [0.25, 0.3) is 22.2 Å². The summed E-state index contributed by atoms with van der Waals surface area (Å²) in [6.07, 6.45) is 3.36. The molecule has 2 aromatic carbocycles. The van der Waals surface area contributed by atoms with Crippen molar-refractivity contribution in [2.24, 2.45) is 0 Å². The highest BCUT2D eigenvalue weighted by Gasteiger charge is 2.09. The van der Waals surface area contributed by atoms with Crippen LogP contribution in [0.1, 0.15) is 5.56 Å². The van der Waals surface area contributed by atoms with Gasteiger partial charge in [-0.05, 0) is 41.5 Å². The van der Waals surface area contributed by atoms with E-state index in [-0.39, 0.29) is 0 Å². The standard InChI is InChI=1S/C20H18N2O4/c1-23-16-7-13(8-17(10-16)24-2)11-21-20-22-18-9-14(3-4-19(18)26-20)15-5-6-25-12-15/h3-10,12H,11H2,1-2H3,(H,21,22). The Morgan fingerprint density at radius 1 is 0.962 bits per heavy atom. The molecule has 0 saturated heterocycles. The van der Waals surface area contributed by atoms with Crippen LogP contribution < -0.4 is 14.8 Å². The molecule has 26 heavy (non-hydrogen) atoms. The second-order valence-electron chi connectivity index (χ2n) is 5.79. The molecule has 0 fully saturated rings. The fourth-order valence-electron chi connectivity index (χ4n) is 2.76. The largest absolute Gasteiger partial charge is 0.497 e. The third-order valence-electron chi connectivity index (χ3n) is 4.10. The molecule has 0 amide bonds. The zero-order valence-electron chi connectivity index (χ0n) is 14.5. The van der Waals surface area contributed by atoms with Crippen molar-refractivity contribution in [3.8, 4) is 22.6 Å². The normalized spacial score (nSPS) is 10.8. The molecule has 2 aromatic heterocycles. The van der Waals surface area contributed by atoms with Crippen molar-refractivity contribution in [2.45, 2.75) is 6.54 Å². The number of anilines is 1. The van der Waals surface area contributed by atoms with E-state index in [0.29, 0.717) is 12.6 Å². The van der Waals surface area contributed by atoms with Crippen molar-refractivity contribution in [1.82, 2.24) is 4.98 Å². The Morgan fingerprint density at radius 2 is 1.77 bits per heavy atom. The van der Waals surface area contributed by atoms with Gasteiger partial charge in [0.25, 0.3) is 6.01 Å². The average Bonchev–Trinajstić information content (AvgIpc) is 3.34. The summed E-state index contributed by atoms with van der Waals surface area (Å²) in [5.74, 6) is 1.48. The fraction of sp³-hybridized carbons (Fsp3) is 0.150. The number of furan rings is 1. The number of oxazole rings is 1. The van der Waals surface area contributed by atoms with Crippen LogP contribution in [0.3, 0.4) is 0 Å². The van der Waals surface area contributed by atoms with Gasteiger partial charge in [0.1, 0.15) is 17.0 Å². The second kappa shape index (κ2) is 6.84. The van der Waals surface area contributed by atoms with Crippen LogP contribution in [0.5, 0.6) is 11.5 Å². The van der Waals surface area contributed by atoms with Crippen LogP contribution in [0.15, 0.2) is 63.8 Å². The number of ether oxygens (including phenoxy) is 2. The Kier molecular flexibility index (Phi) is 4.23. The summed E-state index contributed by atoms with van der Waals surface area (Å²) in [6.45, 7) is 0.537. The number of nitrogens with one attached hydrogen (secondary N) is 1. The number of hydrogen-bond acceptors (Lipinski definition) is 6. The monoisotopic (exact) mass is 350 g/mol. The van der Waals surface area contributed by atoms with E-state index in [1.165, 1.54) is 0 Å². The van der Waals surface area contributed by atoms with Gasteiger partial charge in [-0.3, -0.25) is 0 Å². The Labute approximate surface area is 150 Å². The Hall–Kier alpha value is -3.41. The molecule has 0 unspecified atom stereocenters. The SMILES string of the molecule is COc1cc(CNc2nc3cc(-c4ccoc4)ccc3o2)cc(OC)c1. The summed E-state index contributed by atoms with van der Waals surface area (Å²) in [5.41, 5.74) is 4.55. The van der Waals surface area contributed by atoms with Crippen LogP contribution in [0.4, 0.5) is 6.01 Å². The molecule has 2 heterocycles. The van der Waals surface area contributed by atoms with E-state index < -0.39 is 0 Å². The molecular formula is C20H18N2O4. The summed E-state index contributed by atoms with van der Waals surface area (Å²) >= 11 is 0. The highest BCUT2D eigenvalue weighted by molar-refractivity contribution is 5.81. The molecule has 0 radical (unpaired) electrons. The number of rotatable bonds is 6. The van der Waals surface area contributed by atoms with E-state index in [9.17, 15) is 0 Å². The maximum Gasteiger partial charge on any atom is 0.295 e. The smallest absolute Gasteiger partial charge is 0.295 e. The number of nitrogens with zero attached hydrogens (tertiary/aromatic N) is 1. The molecule has 0 aliphatic carbocycles. The van der Waals surface area contributed by atoms with Crippen LogP contribution in [-0.4, -0.2) is 19.2 Å². The minimum absolute atomic E-state index is 0.464. The molecule has 4 rings (SSSR count). The van der Waals surface area contributed by atoms with Crippen LogP contribution in [-0.2, 0) is 6.54 Å². The second-order valence-corrected chi connectivity index (χ2v) is 5.79. The molecule has 0 aliphatic rings. The molecule has 0 spiro atoms. The Morgan fingerprint density at radius 3 is 2.46 bits per heavy atom. The molecule has 4 aromatic rings. The van der Waals surface area contributed by atoms with Crippen LogP contribution in [0.2, 0.25) is 0 Å². The third kappa shape index (κ3) is 3.21. The lowest BCUT2D eigenvalue weighted by Gasteiger charge is -2.08. The molecule has 1 N–H and O–H groups in total. The van der Waals surface area contributed by atoms with E-state index >= 15 is 0 Å². The molecule has 0 bridgehead atoms. The Balaban J connectivity index is 1.54. The number of benzene rings is 2. The predicted molar refractivity (Wildman–Crippen MR) is 98.6 cm³/mol. The van der Waals surface area contributed by atoms with Crippen molar-refractivity contribution < 1.29 is 18.3 Å². The summed E-state index contributed by atoms with van der Waals surface area (Å²) in [5, 5.41) is 3.20. The topological polar surface area (TPSA) is 69.7 Å². The summed E-state index contributed by atoms with van der Waals surface area (Å²) in [4.78, 5) is 4.51. The van der Waals surface area contributed by atoms with E-state index in [1.807, 2.05) is 42.5 Å². The van der Waals surface area contributed by atoms with Gasteiger partial charge in [0.2, 0.25) is 0 Å². The van der Waals surface area contributed by atoms with Gasteiger partial charge in [-0.25, -0.2) is 0 Å². The molecule has 0 saturated carbocycles. The predicted octanol–water partition coefficient (Wildman–Crippen LogP) is 4.72. The van der Waals surface area contributed by atoms with Crippen LogP contribution in [0, 0.1) is 0 Å². The molecular weight excluding hydrogens is 332 g/mol. The van der Waals surface area contributed by atoms with Crippen LogP contribution >= 0.6 is 0 Å². The Bertz CT molecular complexity index is 999. The minimum Gasteiger partial charge on any atom is -0.497 e. The van der Waals surface area contributed by atoms with E-state index in [0.717, 1.165) is 39.3 Å². The quantitative estimate of drug-likeness (QED) is 0.543. The first-order chi connectivity index (χ1) is 12.7. The molecule has 0 atom stereocenters. The first kappa shape index (κ1) is 16.1. The zero-order chi connectivity index (χ0) is 17.9. The van der Waals surface area contributed by atoms with Gasteiger partial charge < -0.3 is 23.6 Å². The van der Waals surface area contributed by atoms with E-state index in [1.54, 1.807) is 26.7 Å². The van der Waals surface area contributed by atoms with E-state index in [4.69, 9.17) is 18.3 Å². The maximum absolute atomic E-state index is 5.77. The van der Waals surface area contributed by atoms with E-state index in [2.05, 4.69) is 10.3 Å². The first-order valence-corrected chi connectivity index (χ1v) is 8.14. The lowest BCUT2D eigenvalue weighted by molar-refractivity contribution is 0.393. The first-order valence-electron chi connectivity index (χ1n) is 8.14. The number of methoxy groups -OCH3 is 2. The number of hydrogen-bond donors (Lipinski definition) is 1. The highest BCUT2D eigenvalue weighted by Crippen LogP contribution is 2.27. The average molecular weight is 350 g/mol. The summed E-state index contributed by atoms with van der Waals surface area (Å²) < 4.78 is 21.5. The van der Waals surface area contributed by atoms with Crippen molar-refractivity contribution in [3.63, 3.8) is 0 Å².